The molecule has 1 aliphatic rings. The van der Waals surface area contributed by atoms with E-state index in [9.17, 15) is 9.59 Å². The predicted octanol–water partition coefficient (Wildman–Crippen LogP) is 5.92. The molecule has 1 aliphatic heterocycles. The van der Waals surface area contributed by atoms with Gasteiger partial charge in [0.2, 0.25) is 5.91 Å². The molecule has 1 unspecified atom stereocenters. The number of aromatic nitrogens is 1. The zero-order valence-corrected chi connectivity index (χ0v) is 19.5. The number of thioether (sulfide) groups is 1. The molecule has 164 valence electrons. The lowest BCUT2D eigenvalue weighted by Crippen LogP contribution is -2.43. The van der Waals surface area contributed by atoms with Crippen LogP contribution in [0, 0.1) is 0 Å². The molecule has 0 spiro atoms. The third kappa shape index (κ3) is 5.63. The zero-order chi connectivity index (χ0) is 22.5. The van der Waals surface area contributed by atoms with Crippen LogP contribution in [-0.2, 0) is 10.5 Å². The fraction of sp³-hybridized carbons (Fsp3) is 0.208. The number of nitrogens with zero attached hydrogens (tertiary/aromatic N) is 2. The summed E-state index contributed by atoms with van der Waals surface area (Å²) in [5.74, 6) is 0.427. The summed E-state index contributed by atoms with van der Waals surface area (Å²) < 4.78 is 0. The molecule has 0 radical (unpaired) electrons. The van der Waals surface area contributed by atoms with Gasteiger partial charge in [0, 0.05) is 50.9 Å². The number of pyridine rings is 1. The summed E-state index contributed by atoms with van der Waals surface area (Å²) in [5.41, 5.74) is 2.23. The Kier molecular flexibility index (Phi) is 7.35. The van der Waals surface area contributed by atoms with Crippen molar-refractivity contribution < 1.29 is 9.59 Å². The standard InChI is InChI=1S/C24H21Cl2N3O2S/c25-18-11-19(26)13-20(12-18)28-23(30)22-4-2-10-29(22)24(31)17-5-7-21(8-6-17)32-15-16-3-1-9-27-14-16/h1,3,5-9,11-14,22H,2,4,10,15H2,(H,28,30). The van der Waals surface area contributed by atoms with E-state index in [4.69, 9.17) is 23.2 Å². The van der Waals surface area contributed by atoms with Crippen LogP contribution in [0.15, 0.2) is 71.9 Å². The lowest BCUT2D eigenvalue weighted by Gasteiger charge is -2.24. The van der Waals surface area contributed by atoms with Crippen LogP contribution >= 0.6 is 35.0 Å². The molecular formula is C24H21Cl2N3O2S. The second-order valence-corrected chi connectivity index (χ2v) is 9.40. The lowest BCUT2D eigenvalue weighted by atomic mass is 10.1. The van der Waals surface area contributed by atoms with Crippen LogP contribution < -0.4 is 5.32 Å². The number of hydrogen-bond acceptors (Lipinski definition) is 4. The molecule has 0 aliphatic carbocycles. The molecule has 32 heavy (non-hydrogen) atoms. The Hall–Kier alpha value is -2.54. The summed E-state index contributed by atoms with van der Waals surface area (Å²) in [6.45, 7) is 0.546. The number of nitrogens with one attached hydrogen (secondary N) is 1. The lowest BCUT2D eigenvalue weighted by molar-refractivity contribution is -0.119. The van der Waals surface area contributed by atoms with Gasteiger partial charge in [-0.05, 0) is 66.9 Å². The van der Waals surface area contributed by atoms with Crippen molar-refractivity contribution in [3.05, 3.63) is 88.2 Å². The monoisotopic (exact) mass is 485 g/mol. The van der Waals surface area contributed by atoms with Crippen LogP contribution in [0.1, 0.15) is 28.8 Å². The zero-order valence-electron chi connectivity index (χ0n) is 17.1. The van der Waals surface area contributed by atoms with Gasteiger partial charge in [0.1, 0.15) is 6.04 Å². The molecule has 0 saturated carbocycles. The average molecular weight is 486 g/mol. The van der Waals surface area contributed by atoms with Crippen molar-refractivity contribution in [2.45, 2.75) is 29.5 Å². The number of carbonyl (C=O) groups is 2. The van der Waals surface area contributed by atoms with Gasteiger partial charge in [0.25, 0.3) is 5.91 Å². The first kappa shape index (κ1) is 22.6. The fourth-order valence-corrected chi connectivity index (χ4v) is 5.00. The van der Waals surface area contributed by atoms with Gasteiger partial charge in [-0.25, -0.2) is 0 Å². The SMILES string of the molecule is O=C(Nc1cc(Cl)cc(Cl)c1)C1CCCN1C(=O)c1ccc(SCc2cccnc2)cc1. The quantitative estimate of drug-likeness (QED) is 0.439. The number of likely N-dealkylation sites (tertiary alicyclic amines) is 1. The maximum atomic E-state index is 13.1. The van der Waals surface area contributed by atoms with Crippen LogP contribution in [0.3, 0.4) is 0 Å². The molecule has 0 bridgehead atoms. The number of anilines is 1. The third-order valence-electron chi connectivity index (χ3n) is 5.18. The Morgan fingerprint density at radius 3 is 2.53 bits per heavy atom. The first-order chi connectivity index (χ1) is 15.5. The van der Waals surface area contributed by atoms with E-state index in [-0.39, 0.29) is 11.8 Å². The van der Waals surface area contributed by atoms with E-state index < -0.39 is 6.04 Å². The van der Waals surface area contributed by atoms with Gasteiger partial charge in [-0.1, -0.05) is 29.3 Å². The highest BCUT2D eigenvalue weighted by molar-refractivity contribution is 7.98. The summed E-state index contributed by atoms with van der Waals surface area (Å²) in [5, 5.41) is 3.71. The summed E-state index contributed by atoms with van der Waals surface area (Å²) in [7, 11) is 0. The number of halogens is 2. The fourth-order valence-electron chi connectivity index (χ4n) is 3.64. The van der Waals surface area contributed by atoms with Gasteiger partial charge >= 0.3 is 0 Å². The Labute approximate surface area is 201 Å². The smallest absolute Gasteiger partial charge is 0.254 e. The topological polar surface area (TPSA) is 62.3 Å². The van der Waals surface area contributed by atoms with Crippen molar-refractivity contribution in [3.63, 3.8) is 0 Å². The van der Waals surface area contributed by atoms with Crippen LogP contribution in [0.4, 0.5) is 5.69 Å². The number of benzene rings is 2. The maximum absolute atomic E-state index is 13.1. The van der Waals surface area contributed by atoms with Crippen LogP contribution in [0.2, 0.25) is 10.0 Å². The molecule has 1 saturated heterocycles. The van der Waals surface area contributed by atoms with Crippen molar-refractivity contribution in [2.75, 3.05) is 11.9 Å². The van der Waals surface area contributed by atoms with Crippen molar-refractivity contribution in [3.8, 4) is 0 Å². The van der Waals surface area contributed by atoms with Crippen molar-refractivity contribution in [1.29, 1.82) is 0 Å². The third-order valence-corrected chi connectivity index (χ3v) is 6.70. The molecule has 4 rings (SSSR count). The highest BCUT2D eigenvalue weighted by Crippen LogP contribution is 2.27. The van der Waals surface area contributed by atoms with E-state index in [1.807, 2.05) is 42.6 Å². The Balaban J connectivity index is 1.39. The second-order valence-electron chi connectivity index (χ2n) is 7.48. The molecule has 1 atom stereocenters. The largest absolute Gasteiger partial charge is 0.327 e. The summed E-state index contributed by atoms with van der Waals surface area (Å²) >= 11 is 13.7. The van der Waals surface area contributed by atoms with Crippen molar-refractivity contribution >= 4 is 52.5 Å². The second kappa shape index (κ2) is 10.4. The van der Waals surface area contributed by atoms with E-state index in [0.717, 1.165) is 22.6 Å². The molecule has 1 N–H and O–H groups in total. The van der Waals surface area contributed by atoms with Crippen LogP contribution in [0.25, 0.3) is 0 Å². The number of carbonyl (C=O) groups excluding carboxylic acids is 2. The van der Waals surface area contributed by atoms with Gasteiger partial charge in [-0.2, -0.15) is 0 Å². The summed E-state index contributed by atoms with van der Waals surface area (Å²) in [6.07, 6.45) is 5.00. The van der Waals surface area contributed by atoms with E-state index in [1.54, 1.807) is 41.1 Å². The Bertz CT molecular complexity index is 1090. The molecular weight excluding hydrogens is 465 g/mol. The minimum atomic E-state index is -0.528. The van der Waals surface area contributed by atoms with Crippen molar-refractivity contribution in [1.82, 2.24) is 9.88 Å². The highest BCUT2D eigenvalue weighted by atomic mass is 35.5. The molecule has 5 nitrogen and oxygen atoms in total. The minimum Gasteiger partial charge on any atom is -0.327 e. The van der Waals surface area contributed by atoms with Crippen LogP contribution in [-0.4, -0.2) is 34.3 Å². The summed E-state index contributed by atoms with van der Waals surface area (Å²) in [6, 6.07) is 15.8. The molecule has 2 aromatic carbocycles. The average Bonchev–Trinajstić information content (AvgIpc) is 3.28. The first-order valence-electron chi connectivity index (χ1n) is 10.2. The van der Waals surface area contributed by atoms with E-state index in [2.05, 4.69) is 10.3 Å². The highest BCUT2D eigenvalue weighted by Gasteiger charge is 2.34. The minimum absolute atomic E-state index is 0.143. The number of rotatable bonds is 6. The van der Waals surface area contributed by atoms with Crippen molar-refractivity contribution in [2.24, 2.45) is 0 Å². The molecule has 1 fully saturated rings. The molecule has 8 heteroatoms. The molecule has 2 heterocycles. The normalized spacial score (nSPS) is 15.6. The van der Waals surface area contributed by atoms with Gasteiger partial charge in [0.15, 0.2) is 0 Å². The van der Waals surface area contributed by atoms with E-state index in [1.165, 1.54) is 0 Å². The number of amides is 2. The molecule has 2 amide bonds. The maximum Gasteiger partial charge on any atom is 0.254 e. The summed E-state index contributed by atoms with van der Waals surface area (Å²) in [4.78, 5) is 32.8. The molecule has 3 aromatic rings. The predicted molar refractivity (Wildman–Crippen MR) is 129 cm³/mol. The van der Waals surface area contributed by atoms with E-state index in [0.29, 0.717) is 34.3 Å². The Morgan fingerprint density at radius 2 is 1.84 bits per heavy atom. The van der Waals surface area contributed by atoms with Crippen LogP contribution in [0.5, 0.6) is 0 Å². The molecule has 1 aromatic heterocycles. The van der Waals surface area contributed by atoms with E-state index >= 15 is 0 Å². The first-order valence-corrected chi connectivity index (χ1v) is 11.9. The Morgan fingerprint density at radius 1 is 1.09 bits per heavy atom. The van der Waals surface area contributed by atoms with Gasteiger partial charge in [-0.15, -0.1) is 11.8 Å². The van der Waals surface area contributed by atoms with Gasteiger partial charge in [0.05, 0.1) is 0 Å². The number of hydrogen-bond donors (Lipinski definition) is 1. The van der Waals surface area contributed by atoms with Gasteiger partial charge < -0.3 is 10.2 Å². The van der Waals surface area contributed by atoms with Gasteiger partial charge in [-0.3, -0.25) is 14.6 Å².